The van der Waals surface area contributed by atoms with E-state index in [9.17, 15) is 0 Å². The number of rotatable bonds is 5. The van der Waals surface area contributed by atoms with Crippen molar-refractivity contribution in [2.24, 2.45) is 0 Å². The molecule has 1 atom stereocenters. The minimum absolute atomic E-state index is 0.364. The second kappa shape index (κ2) is 5.55. The molecule has 0 spiro atoms. The molecule has 1 aromatic rings. The van der Waals surface area contributed by atoms with Crippen molar-refractivity contribution < 1.29 is 0 Å². The quantitative estimate of drug-likeness (QED) is 0.722. The molecule has 1 heterocycles. The Morgan fingerprint density at radius 1 is 1.64 bits per heavy atom. The SMILES string of the molecule is C=C(C)CCNC(C)c1cccnc1. The number of nitrogens with one attached hydrogen (secondary N) is 1. The molecule has 0 radical (unpaired) electrons. The van der Waals surface area contributed by atoms with E-state index in [4.69, 9.17) is 0 Å². The Morgan fingerprint density at radius 3 is 3.00 bits per heavy atom. The first-order valence-electron chi connectivity index (χ1n) is 4.98. The fourth-order valence-electron chi connectivity index (χ4n) is 1.25. The number of nitrogens with zero attached hydrogens (tertiary/aromatic N) is 1. The second-order valence-corrected chi connectivity index (χ2v) is 3.67. The van der Waals surface area contributed by atoms with Crippen LogP contribution in [0.5, 0.6) is 0 Å². The minimum Gasteiger partial charge on any atom is -0.310 e. The van der Waals surface area contributed by atoms with Crippen molar-refractivity contribution in [2.75, 3.05) is 6.54 Å². The molecule has 14 heavy (non-hydrogen) atoms. The summed E-state index contributed by atoms with van der Waals surface area (Å²) in [5.41, 5.74) is 2.45. The van der Waals surface area contributed by atoms with Gasteiger partial charge >= 0.3 is 0 Å². The van der Waals surface area contributed by atoms with Gasteiger partial charge in [0.15, 0.2) is 0 Å². The smallest absolute Gasteiger partial charge is 0.0315 e. The average Bonchev–Trinajstić information content (AvgIpc) is 2.18. The molecule has 1 rings (SSSR count). The number of pyridine rings is 1. The molecule has 0 aromatic carbocycles. The maximum atomic E-state index is 4.09. The third kappa shape index (κ3) is 3.71. The Kier molecular flexibility index (Phi) is 4.33. The highest BCUT2D eigenvalue weighted by Gasteiger charge is 2.02. The fourth-order valence-corrected chi connectivity index (χ4v) is 1.25. The summed E-state index contributed by atoms with van der Waals surface area (Å²) in [6.07, 6.45) is 4.73. The molecule has 1 aromatic heterocycles. The normalized spacial score (nSPS) is 12.4. The van der Waals surface area contributed by atoms with Crippen molar-refractivity contribution in [2.45, 2.75) is 26.3 Å². The first-order valence-corrected chi connectivity index (χ1v) is 4.98. The molecule has 2 heteroatoms. The predicted octanol–water partition coefficient (Wildman–Crippen LogP) is 2.70. The van der Waals surface area contributed by atoms with Crippen LogP contribution in [0, 0.1) is 0 Å². The van der Waals surface area contributed by atoms with Gasteiger partial charge in [-0.3, -0.25) is 4.98 Å². The molecule has 0 aliphatic heterocycles. The van der Waals surface area contributed by atoms with Crippen molar-refractivity contribution in [3.8, 4) is 0 Å². The molecule has 76 valence electrons. The molecule has 0 saturated heterocycles. The first-order chi connectivity index (χ1) is 6.70. The van der Waals surface area contributed by atoms with Crippen molar-refractivity contribution in [1.29, 1.82) is 0 Å². The van der Waals surface area contributed by atoms with E-state index < -0.39 is 0 Å². The molecular weight excluding hydrogens is 172 g/mol. The summed E-state index contributed by atoms with van der Waals surface area (Å²) in [7, 11) is 0. The van der Waals surface area contributed by atoms with E-state index >= 15 is 0 Å². The van der Waals surface area contributed by atoms with Crippen molar-refractivity contribution >= 4 is 0 Å². The molecule has 0 aliphatic carbocycles. The largest absolute Gasteiger partial charge is 0.310 e. The van der Waals surface area contributed by atoms with Crippen molar-refractivity contribution in [3.05, 3.63) is 42.2 Å². The highest BCUT2D eigenvalue weighted by Crippen LogP contribution is 2.09. The molecule has 0 saturated carbocycles. The zero-order valence-corrected chi connectivity index (χ0v) is 8.96. The topological polar surface area (TPSA) is 24.9 Å². The Hall–Kier alpha value is -1.15. The van der Waals surface area contributed by atoms with Crippen LogP contribution in [0.1, 0.15) is 31.9 Å². The van der Waals surface area contributed by atoms with E-state index in [2.05, 4.69) is 36.8 Å². The maximum absolute atomic E-state index is 4.09. The standard InChI is InChI=1S/C12H18N2/c1-10(2)6-8-14-11(3)12-5-4-7-13-9-12/h4-5,7,9,11,14H,1,6,8H2,2-3H3. The van der Waals surface area contributed by atoms with E-state index in [0.29, 0.717) is 6.04 Å². The van der Waals surface area contributed by atoms with E-state index in [0.717, 1.165) is 13.0 Å². The van der Waals surface area contributed by atoms with Crippen LogP contribution in [0.25, 0.3) is 0 Å². The van der Waals surface area contributed by atoms with Gasteiger partial charge in [-0.25, -0.2) is 0 Å². The van der Waals surface area contributed by atoms with Gasteiger partial charge in [-0.1, -0.05) is 11.6 Å². The van der Waals surface area contributed by atoms with Gasteiger partial charge in [0.25, 0.3) is 0 Å². The lowest BCUT2D eigenvalue weighted by Crippen LogP contribution is -2.19. The summed E-state index contributed by atoms with van der Waals surface area (Å²) in [6.45, 7) is 9.05. The van der Waals surface area contributed by atoms with Gasteiger partial charge in [-0.2, -0.15) is 0 Å². The summed E-state index contributed by atoms with van der Waals surface area (Å²) >= 11 is 0. The van der Waals surface area contributed by atoms with Crippen LogP contribution in [-0.4, -0.2) is 11.5 Å². The lowest BCUT2D eigenvalue weighted by atomic mass is 10.1. The van der Waals surface area contributed by atoms with Crippen LogP contribution in [-0.2, 0) is 0 Å². The zero-order chi connectivity index (χ0) is 10.4. The van der Waals surface area contributed by atoms with E-state index in [1.165, 1.54) is 11.1 Å². The van der Waals surface area contributed by atoms with Crippen LogP contribution in [0.15, 0.2) is 36.7 Å². The third-order valence-corrected chi connectivity index (χ3v) is 2.19. The number of hydrogen-bond acceptors (Lipinski definition) is 2. The molecule has 0 fully saturated rings. The number of hydrogen-bond donors (Lipinski definition) is 1. The van der Waals surface area contributed by atoms with E-state index in [1.54, 1.807) is 6.20 Å². The van der Waals surface area contributed by atoms with Gasteiger partial charge in [-0.05, 0) is 38.4 Å². The number of aromatic nitrogens is 1. The van der Waals surface area contributed by atoms with Gasteiger partial charge in [0.2, 0.25) is 0 Å². The molecule has 0 amide bonds. The first kappa shape index (κ1) is 10.9. The monoisotopic (exact) mass is 190 g/mol. The van der Waals surface area contributed by atoms with Crippen LogP contribution in [0.4, 0.5) is 0 Å². The predicted molar refractivity (Wildman–Crippen MR) is 60.1 cm³/mol. The Balaban J connectivity index is 2.36. The van der Waals surface area contributed by atoms with Gasteiger partial charge in [-0.15, -0.1) is 6.58 Å². The lowest BCUT2D eigenvalue weighted by Gasteiger charge is -2.13. The van der Waals surface area contributed by atoms with Crippen LogP contribution >= 0.6 is 0 Å². The summed E-state index contributed by atoms with van der Waals surface area (Å²) in [5.74, 6) is 0. The molecule has 2 nitrogen and oxygen atoms in total. The third-order valence-electron chi connectivity index (χ3n) is 2.19. The van der Waals surface area contributed by atoms with E-state index in [1.807, 2.05) is 12.3 Å². The van der Waals surface area contributed by atoms with Crippen molar-refractivity contribution in [1.82, 2.24) is 10.3 Å². The second-order valence-electron chi connectivity index (χ2n) is 3.67. The summed E-state index contributed by atoms with van der Waals surface area (Å²) in [4.78, 5) is 4.09. The Labute approximate surface area is 86.1 Å². The van der Waals surface area contributed by atoms with Gasteiger partial charge in [0, 0.05) is 18.4 Å². The summed E-state index contributed by atoms with van der Waals surface area (Å²) < 4.78 is 0. The fraction of sp³-hybridized carbons (Fsp3) is 0.417. The van der Waals surface area contributed by atoms with Crippen molar-refractivity contribution in [3.63, 3.8) is 0 Å². The minimum atomic E-state index is 0.364. The van der Waals surface area contributed by atoms with Gasteiger partial charge < -0.3 is 5.32 Å². The van der Waals surface area contributed by atoms with Crippen LogP contribution in [0.3, 0.4) is 0 Å². The zero-order valence-electron chi connectivity index (χ0n) is 8.96. The lowest BCUT2D eigenvalue weighted by molar-refractivity contribution is 0.574. The van der Waals surface area contributed by atoms with Crippen LogP contribution < -0.4 is 5.32 Å². The average molecular weight is 190 g/mol. The molecule has 0 bridgehead atoms. The van der Waals surface area contributed by atoms with Gasteiger partial charge in [0.1, 0.15) is 0 Å². The highest BCUT2D eigenvalue weighted by atomic mass is 14.9. The molecule has 0 aliphatic rings. The van der Waals surface area contributed by atoms with E-state index in [-0.39, 0.29) is 0 Å². The molecule has 1 N–H and O–H groups in total. The Bertz CT molecular complexity index is 280. The maximum Gasteiger partial charge on any atom is 0.0315 e. The molecular formula is C12H18N2. The highest BCUT2D eigenvalue weighted by molar-refractivity contribution is 5.12. The van der Waals surface area contributed by atoms with Crippen LogP contribution in [0.2, 0.25) is 0 Å². The Morgan fingerprint density at radius 2 is 2.43 bits per heavy atom. The summed E-state index contributed by atoms with van der Waals surface area (Å²) in [5, 5.41) is 3.43. The summed E-state index contributed by atoms with van der Waals surface area (Å²) in [6, 6.07) is 4.42. The molecule has 1 unspecified atom stereocenters. The van der Waals surface area contributed by atoms with Gasteiger partial charge in [0.05, 0.1) is 0 Å².